The number of aliphatic hydroxyl groups is 1. The van der Waals surface area contributed by atoms with Crippen LogP contribution in [-0.2, 0) is 4.79 Å². The van der Waals surface area contributed by atoms with Gasteiger partial charge in [0.1, 0.15) is 11.6 Å². The van der Waals surface area contributed by atoms with Gasteiger partial charge in [0.15, 0.2) is 0 Å². The molecule has 1 saturated heterocycles. The van der Waals surface area contributed by atoms with Crippen LogP contribution in [0.1, 0.15) is 31.9 Å². The third-order valence-corrected chi connectivity index (χ3v) is 3.47. The molecule has 1 aromatic rings. The first-order valence-corrected chi connectivity index (χ1v) is 5.75. The molecule has 0 unspecified atom stereocenters. The summed E-state index contributed by atoms with van der Waals surface area (Å²) < 4.78 is 26.2. The predicted octanol–water partition coefficient (Wildman–Crippen LogP) is 1.91. The zero-order valence-corrected chi connectivity index (χ0v) is 10.2. The molecule has 0 spiro atoms. The monoisotopic (exact) mass is 255 g/mol. The maximum Gasteiger partial charge on any atom is 0.228 e. The molecule has 0 aromatic heterocycles. The molecule has 98 valence electrons. The Morgan fingerprint density at radius 3 is 2.33 bits per heavy atom. The number of carbonyl (C=O) groups excluding carboxylic acids is 1. The summed E-state index contributed by atoms with van der Waals surface area (Å²) in [4.78, 5) is 11.8. The maximum atomic E-state index is 13.1. The smallest absolute Gasteiger partial charge is 0.228 e. The highest BCUT2D eigenvalue weighted by atomic mass is 19.1. The Labute approximate surface area is 104 Å². The summed E-state index contributed by atoms with van der Waals surface area (Å²) in [6, 6.07) is 2.54. The first-order chi connectivity index (χ1) is 8.30. The Morgan fingerprint density at radius 2 is 1.83 bits per heavy atom. The number of piperidine rings is 1. The van der Waals surface area contributed by atoms with Crippen LogP contribution >= 0.6 is 0 Å². The van der Waals surface area contributed by atoms with Crippen molar-refractivity contribution in [1.29, 1.82) is 0 Å². The molecule has 18 heavy (non-hydrogen) atoms. The second-order valence-electron chi connectivity index (χ2n) is 5.20. The van der Waals surface area contributed by atoms with Crippen molar-refractivity contribution in [3.05, 3.63) is 35.4 Å². The van der Waals surface area contributed by atoms with Crippen molar-refractivity contribution in [2.24, 2.45) is 5.41 Å². The highest BCUT2D eigenvalue weighted by Crippen LogP contribution is 2.34. The molecule has 2 atom stereocenters. The molecule has 1 aliphatic rings. The summed E-state index contributed by atoms with van der Waals surface area (Å²) in [6.07, 6.45) is -0.607. The van der Waals surface area contributed by atoms with Crippen LogP contribution in [0.15, 0.2) is 18.2 Å². The van der Waals surface area contributed by atoms with E-state index in [2.05, 4.69) is 5.32 Å². The van der Waals surface area contributed by atoms with Crippen molar-refractivity contribution in [2.75, 3.05) is 0 Å². The van der Waals surface area contributed by atoms with Gasteiger partial charge in [0, 0.05) is 6.07 Å². The number of nitrogens with one attached hydrogen (secondary N) is 1. The van der Waals surface area contributed by atoms with Gasteiger partial charge in [-0.15, -0.1) is 0 Å². The van der Waals surface area contributed by atoms with E-state index in [0.29, 0.717) is 5.56 Å². The topological polar surface area (TPSA) is 49.3 Å². The van der Waals surface area contributed by atoms with Crippen LogP contribution in [0, 0.1) is 17.0 Å². The number of halogens is 2. The van der Waals surface area contributed by atoms with E-state index in [1.54, 1.807) is 13.8 Å². The van der Waals surface area contributed by atoms with Crippen LogP contribution in [0.2, 0.25) is 0 Å². The third-order valence-electron chi connectivity index (χ3n) is 3.47. The summed E-state index contributed by atoms with van der Waals surface area (Å²) in [5.74, 6) is -1.71. The summed E-state index contributed by atoms with van der Waals surface area (Å²) in [7, 11) is 0. The number of carbonyl (C=O) groups is 1. The summed E-state index contributed by atoms with van der Waals surface area (Å²) in [5.41, 5.74) is -0.557. The maximum absolute atomic E-state index is 13.1. The van der Waals surface area contributed by atoms with Gasteiger partial charge in [0.25, 0.3) is 0 Å². The predicted molar refractivity (Wildman–Crippen MR) is 61.6 cm³/mol. The van der Waals surface area contributed by atoms with Crippen molar-refractivity contribution in [2.45, 2.75) is 32.4 Å². The average molecular weight is 255 g/mol. The fraction of sp³-hybridized carbons (Fsp3) is 0.462. The van der Waals surface area contributed by atoms with E-state index in [-0.39, 0.29) is 12.3 Å². The standard InChI is InChI=1S/C13H15F2NO2/c1-13(2)11(17)6-10(16-12(13)18)7-3-8(14)5-9(15)4-7/h3-5,10-11,17H,6H2,1-2H3,(H,16,18)/t10-,11-/m0/s1. The van der Waals surface area contributed by atoms with Gasteiger partial charge in [0.05, 0.1) is 17.6 Å². The molecular weight excluding hydrogens is 240 g/mol. The zero-order chi connectivity index (χ0) is 13.5. The number of amides is 1. The number of hydrogen-bond donors (Lipinski definition) is 2. The normalized spacial score (nSPS) is 26.8. The number of aliphatic hydroxyl groups excluding tert-OH is 1. The van der Waals surface area contributed by atoms with Crippen molar-refractivity contribution in [1.82, 2.24) is 5.32 Å². The van der Waals surface area contributed by atoms with E-state index in [1.165, 1.54) is 12.1 Å². The van der Waals surface area contributed by atoms with E-state index in [4.69, 9.17) is 0 Å². The Morgan fingerprint density at radius 1 is 1.28 bits per heavy atom. The average Bonchev–Trinajstić information content (AvgIpc) is 2.24. The van der Waals surface area contributed by atoms with Gasteiger partial charge in [0.2, 0.25) is 5.91 Å². The quantitative estimate of drug-likeness (QED) is 0.805. The van der Waals surface area contributed by atoms with Crippen LogP contribution in [-0.4, -0.2) is 17.1 Å². The van der Waals surface area contributed by atoms with Crippen molar-refractivity contribution < 1.29 is 18.7 Å². The lowest BCUT2D eigenvalue weighted by Crippen LogP contribution is -2.52. The Bertz CT molecular complexity index is 468. The van der Waals surface area contributed by atoms with Gasteiger partial charge in [-0.1, -0.05) is 0 Å². The lowest BCUT2D eigenvalue weighted by atomic mass is 9.77. The molecular formula is C13H15F2NO2. The summed E-state index contributed by atoms with van der Waals surface area (Å²) >= 11 is 0. The van der Waals surface area contributed by atoms with Gasteiger partial charge in [-0.2, -0.15) is 0 Å². The lowest BCUT2D eigenvalue weighted by Gasteiger charge is -2.38. The minimum absolute atomic E-state index is 0.238. The van der Waals surface area contributed by atoms with Crippen LogP contribution in [0.3, 0.4) is 0 Å². The molecule has 3 nitrogen and oxygen atoms in total. The van der Waals surface area contributed by atoms with Gasteiger partial charge in [-0.25, -0.2) is 8.78 Å². The van der Waals surface area contributed by atoms with E-state index < -0.39 is 29.2 Å². The summed E-state index contributed by atoms with van der Waals surface area (Å²) in [5, 5.41) is 12.6. The number of rotatable bonds is 1. The highest BCUT2D eigenvalue weighted by Gasteiger charge is 2.42. The van der Waals surface area contributed by atoms with E-state index in [0.717, 1.165) is 6.07 Å². The molecule has 5 heteroatoms. The minimum Gasteiger partial charge on any atom is -0.392 e. The molecule has 1 aromatic carbocycles. The van der Waals surface area contributed by atoms with Gasteiger partial charge in [-0.05, 0) is 38.0 Å². The van der Waals surface area contributed by atoms with E-state index >= 15 is 0 Å². The van der Waals surface area contributed by atoms with Crippen LogP contribution in [0.5, 0.6) is 0 Å². The molecule has 0 bridgehead atoms. The molecule has 0 aliphatic carbocycles. The van der Waals surface area contributed by atoms with Crippen molar-refractivity contribution in [3.63, 3.8) is 0 Å². The Balaban J connectivity index is 2.28. The first-order valence-electron chi connectivity index (χ1n) is 5.75. The SMILES string of the molecule is CC1(C)C(=O)N[C@H](c2cc(F)cc(F)c2)C[C@@H]1O. The van der Waals surface area contributed by atoms with Gasteiger partial charge in [-0.3, -0.25) is 4.79 Å². The molecule has 1 heterocycles. The highest BCUT2D eigenvalue weighted by molar-refractivity contribution is 5.83. The van der Waals surface area contributed by atoms with Crippen LogP contribution in [0.25, 0.3) is 0 Å². The molecule has 0 radical (unpaired) electrons. The second kappa shape index (κ2) is 4.31. The van der Waals surface area contributed by atoms with E-state index in [1.807, 2.05) is 0 Å². The Hall–Kier alpha value is -1.49. The fourth-order valence-electron chi connectivity index (χ4n) is 2.07. The number of benzene rings is 1. The third kappa shape index (κ3) is 2.22. The lowest BCUT2D eigenvalue weighted by molar-refractivity contribution is -0.141. The van der Waals surface area contributed by atoms with E-state index in [9.17, 15) is 18.7 Å². The second-order valence-corrected chi connectivity index (χ2v) is 5.20. The molecule has 1 amide bonds. The van der Waals surface area contributed by atoms with Crippen molar-refractivity contribution >= 4 is 5.91 Å². The van der Waals surface area contributed by atoms with Crippen molar-refractivity contribution in [3.8, 4) is 0 Å². The molecule has 2 N–H and O–H groups in total. The number of hydrogen-bond acceptors (Lipinski definition) is 2. The Kier molecular flexibility index (Phi) is 3.11. The zero-order valence-electron chi connectivity index (χ0n) is 10.2. The van der Waals surface area contributed by atoms with Gasteiger partial charge < -0.3 is 10.4 Å². The molecule has 1 aliphatic heterocycles. The minimum atomic E-state index is -0.887. The van der Waals surface area contributed by atoms with Gasteiger partial charge >= 0.3 is 0 Å². The fourth-order valence-corrected chi connectivity index (χ4v) is 2.07. The molecule has 0 saturated carbocycles. The molecule has 1 fully saturated rings. The van der Waals surface area contributed by atoms with Crippen LogP contribution < -0.4 is 5.32 Å². The first kappa shape index (κ1) is 13.0. The largest absolute Gasteiger partial charge is 0.392 e. The molecule has 2 rings (SSSR count). The van der Waals surface area contributed by atoms with Crippen LogP contribution in [0.4, 0.5) is 8.78 Å². The summed E-state index contributed by atoms with van der Waals surface area (Å²) in [6.45, 7) is 3.27.